The van der Waals surface area contributed by atoms with Crippen LogP contribution in [0, 0.1) is 12.8 Å². The Morgan fingerprint density at radius 3 is 2.57 bits per heavy atom. The van der Waals surface area contributed by atoms with Gasteiger partial charge in [-0.3, -0.25) is 4.79 Å². The summed E-state index contributed by atoms with van der Waals surface area (Å²) in [6.07, 6.45) is -2.32. The molecule has 3 nitrogen and oxygen atoms in total. The number of hydrogen-bond acceptors (Lipinski definition) is 2. The van der Waals surface area contributed by atoms with E-state index in [1.165, 1.54) is 6.07 Å². The molecular formula is C22H23F5N2O. The van der Waals surface area contributed by atoms with Gasteiger partial charge in [0.2, 0.25) is 5.92 Å². The molecule has 162 valence electrons. The Hall–Kier alpha value is -2.25. The van der Waals surface area contributed by atoms with Crippen LogP contribution >= 0.6 is 0 Å². The monoisotopic (exact) mass is 426 g/mol. The number of aromatic nitrogens is 1. The quantitative estimate of drug-likeness (QED) is 0.610. The molecular weight excluding hydrogens is 403 g/mol. The molecule has 0 bridgehead atoms. The van der Waals surface area contributed by atoms with Gasteiger partial charge in [-0.25, -0.2) is 13.8 Å². The summed E-state index contributed by atoms with van der Waals surface area (Å²) in [4.78, 5) is 16.6. The van der Waals surface area contributed by atoms with Crippen LogP contribution in [0.15, 0.2) is 18.2 Å². The lowest BCUT2D eigenvalue weighted by Crippen LogP contribution is -2.35. The molecule has 1 N–H and O–H groups in total. The molecule has 1 heterocycles. The molecule has 2 saturated carbocycles. The highest BCUT2D eigenvalue weighted by atomic mass is 19.4. The fraction of sp³-hybridized carbons (Fsp3) is 0.545. The van der Waals surface area contributed by atoms with Crippen molar-refractivity contribution in [1.29, 1.82) is 0 Å². The van der Waals surface area contributed by atoms with Crippen molar-refractivity contribution in [3.05, 3.63) is 40.6 Å². The number of halogens is 5. The van der Waals surface area contributed by atoms with Gasteiger partial charge < -0.3 is 5.32 Å². The zero-order valence-electron chi connectivity index (χ0n) is 16.6. The SMILES string of the molecule is Cc1cc(C(=O)NC[C@H]2CCCC(F)(F)C2)nc2c(C(F)(F)F)cc(C3CC3)cc12. The predicted molar refractivity (Wildman–Crippen MR) is 103 cm³/mol. The molecule has 2 fully saturated rings. The Kier molecular flexibility index (Phi) is 5.22. The highest BCUT2D eigenvalue weighted by molar-refractivity contribution is 5.97. The Morgan fingerprint density at radius 2 is 1.93 bits per heavy atom. The van der Waals surface area contributed by atoms with Gasteiger partial charge in [0.15, 0.2) is 0 Å². The van der Waals surface area contributed by atoms with Gasteiger partial charge in [-0.15, -0.1) is 0 Å². The molecule has 0 unspecified atom stereocenters. The highest BCUT2D eigenvalue weighted by Gasteiger charge is 2.37. The predicted octanol–water partition coefficient (Wildman–Crippen LogP) is 5.99. The number of pyridine rings is 1. The lowest BCUT2D eigenvalue weighted by atomic mass is 9.86. The molecule has 2 aliphatic carbocycles. The lowest BCUT2D eigenvalue weighted by Gasteiger charge is -2.28. The summed E-state index contributed by atoms with van der Waals surface area (Å²) in [5.41, 5.74) is -0.0439. The summed E-state index contributed by atoms with van der Waals surface area (Å²) >= 11 is 0. The second-order valence-corrected chi connectivity index (χ2v) is 8.59. The number of alkyl halides is 5. The third-order valence-electron chi connectivity index (χ3n) is 6.02. The molecule has 2 aromatic rings. The van der Waals surface area contributed by atoms with Crippen LogP contribution in [0.3, 0.4) is 0 Å². The molecule has 1 aromatic carbocycles. The van der Waals surface area contributed by atoms with Gasteiger partial charge in [-0.1, -0.05) is 0 Å². The molecule has 30 heavy (non-hydrogen) atoms. The normalized spacial score (nSPS) is 21.6. The van der Waals surface area contributed by atoms with E-state index in [4.69, 9.17) is 0 Å². The molecule has 0 radical (unpaired) electrons. The van der Waals surface area contributed by atoms with Gasteiger partial charge in [0.05, 0.1) is 11.1 Å². The van der Waals surface area contributed by atoms with Gasteiger partial charge in [0.1, 0.15) is 5.69 Å². The maximum absolute atomic E-state index is 13.7. The number of amides is 1. The Labute approximate surface area is 171 Å². The summed E-state index contributed by atoms with van der Waals surface area (Å²) in [6, 6.07) is 4.33. The van der Waals surface area contributed by atoms with E-state index in [2.05, 4.69) is 10.3 Å². The second-order valence-electron chi connectivity index (χ2n) is 8.59. The van der Waals surface area contributed by atoms with Crippen LogP contribution in [0.1, 0.15) is 71.6 Å². The zero-order valence-corrected chi connectivity index (χ0v) is 16.6. The van der Waals surface area contributed by atoms with Gasteiger partial charge in [-0.2, -0.15) is 13.2 Å². The van der Waals surface area contributed by atoms with E-state index in [9.17, 15) is 26.7 Å². The van der Waals surface area contributed by atoms with E-state index >= 15 is 0 Å². The number of nitrogens with zero attached hydrogens (tertiary/aromatic N) is 1. The van der Waals surface area contributed by atoms with Crippen molar-refractivity contribution >= 4 is 16.8 Å². The first kappa shape index (κ1) is 21.0. The molecule has 1 aromatic heterocycles. The number of benzene rings is 1. The lowest BCUT2D eigenvalue weighted by molar-refractivity contribution is -0.136. The molecule has 0 aliphatic heterocycles. The molecule has 1 amide bonds. The molecule has 0 saturated heterocycles. The van der Waals surface area contributed by atoms with Crippen LogP contribution < -0.4 is 5.32 Å². The molecule has 4 rings (SSSR count). The van der Waals surface area contributed by atoms with Gasteiger partial charge in [0.25, 0.3) is 5.91 Å². The summed E-state index contributed by atoms with van der Waals surface area (Å²) in [5.74, 6) is -3.59. The fourth-order valence-corrected chi connectivity index (χ4v) is 4.28. The van der Waals surface area contributed by atoms with Crippen molar-refractivity contribution < 1.29 is 26.7 Å². The van der Waals surface area contributed by atoms with Gasteiger partial charge in [0, 0.05) is 24.8 Å². The van der Waals surface area contributed by atoms with Crippen molar-refractivity contribution in [3.8, 4) is 0 Å². The topological polar surface area (TPSA) is 42.0 Å². The van der Waals surface area contributed by atoms with Crippen molar-refractivity contribution in [3.63, 3.8) is 0 Å². The first-order valence-corrected chi connectivity index (χ1v) is 10.2. The van der Waals surface area contributed by atoms with E-state index in [0.717, 1.165) is 18.9 Å². The first-order chi connectivity index (χ1) is 14.0. The van der Waals surface area contributed by atoms with Crippen LogP contribution in [0.25, 0.3) is 10.9 Å². The first-order valence-electron chi connectivity index (χ1n) is 10.2. The summed E-state index contributed by atoms with van der Waals surface area (Å²) in [6.45, 7) is 1.71. The minimum atomic E-state index is -4.59. The number of hydrogen-bond donors (Lipinski definition) is 1. The second kappa shape index (κ2) is 7.46. The van der Waals surface area contributed by atoms with E-state index in [1.54, 1.807) is 13.0 Å². The van der Waals surface area contributed by atoms with E-state index in [-0.39, 0.29) is 42.4 Å². The van der Waals surface area contributed by atoms with Crippen LogP contribution in [0.5, 0.6) is 0 Å². The van der Waals surface area contributed by atoms with Gasteiger partial charge >= 0.3 is 6.18 Å². The Balaban J connectivity index is 1.61. The molecule has 0 spiro atoms. The smallest absolute Gasteiger partial charge is 0.350 e. The number of fused-ring (bicyclic) bond motifs is 1. The number of rotatable bonds is 4. The van der Waals surface area contributed by atoms with Crippen molar-refractivity contribution in [2.24, 2.45) is 5.92 Å². The number of nitrogens with one attached hydrogen (secondary N) is 1. The van der Waals surface area contributed by atoms with E-state index in [1.807, 2.05) is 0 Å². The van der Waals surface area contributed by atoms with E-state index < -0.39 is 23.6 Å². The summed E-state index contributed by atoms with van der Waals surface area (Å²) in [7, 11) is 0. The van der Waals surface area contributed by atoms with Crippen molar-refractivity contribution in [2.45, 2.75) is 63.5 Å². The number of carbonyl (C=O) groups is 1. The minimum absolute atomic E-state index is 0.0555. The maximum Gasteiger partial charge on any atom is 0.418 e. The van der Waals surface area contributed by atoms with E-state index in [0.29, 0.717) is 29.4 Å². The number of aryl methyl sites for hydroxylation is 1. The van der Waals surface area contributed by atoms with Crippen LogP contribution in [0.2, 0.25) is 0 Å². The summed E-state index contributed by atoms with van der Waals surface area (Å²) in [5, 5.41) is 2.96. The largest absolute Gasteiger partial charge is 0.418 e. The standard InChI is InChI=1S/C22H23F5N2O/c1-12-7-18(20(30)28-11-13-3-2-6-21(23,24)10-13)29-19-16(12)8-15(14-4-5-14)9-17(19)22(25,26)27/h7-9,13-14H,2-6,10-11H2,1H3,(H,28,30)/t13-/m0/s1. The number of carbonyl (C=O) groups excluding carboxylic acids is 1. The Morgan fingerprint density at radius 1 is 1.20 bits per heavy atom. The molecule has 8 heteroatoms. The molecule has 2 aliphatic rings. The third kappa shape index (κ3) is 4.42. The van der Waals surface area contributed by atoms with Crippen molar-refractivity contribution in [2.75, 3.05) is 6.54 Å². The van der Waals surface area contributed by atoms with Crippen LogP contribution in [-0.4, -0.2) is 23.4 Å². The van der Waals surface area contributed by atoms with Crippen LogP contribution in [-0.2, 0) is 6.18 Å². The Bertz CT molecular complexity index is 982. The highest BCUT2D eigenvalue weighted by Crippen LogP contribution is 2.44. The van der Waals surface area contributed by atoms with Crippen LogP contribution in [0.4, 0.5) is 22.0 Å². The maximum atomic E-state index is 13.7. The zero-order chi connectivity index (χ0) is 21.7. The average Bonchev–Trinajstić information content (AvgIpc) is 3.49. The van der Waals surface area contributed by atoms with Gasteiger partial charge in [-0.05, 0) is 73.8 Å². The fourth-order valence-electron chi connectivity index (χ4n) is 4.28. The third-order valence-corrected chi connectivity index (χ3v) is 6.02. The molecule has 1 atom stereocenters. The average molecular weight is 426 g/mol. The summed E-state index contributed by atoms with van der Waals surface area (Å²) < 4.78 is 68.2. The minimum Gasteiger partial charge on any atom is -0.350 e. The van der Waals surface area contributed by atoms with Crippen molar-refractivity contribution in [1.82, 2.24) is 10.3 Å².